The third kappa shape index (κ3) is 5.80. The number of nitrogens with one attached hydrogen (secondary N) is 1. The highest BCUT2D eigenvalue weighted by Gasteiger charge is 2.30. The number of pyridine rings is 1. The predicted octanol–water partition coefficient (Wildman–Crippen LogP) is 2.55. The molecule has 108 valence electrons. The summed E-state index contributed by atoms with van der Waals surface area (Å²) in [6.45, 7) is 2.83. The minimum atomic E-state index is -4.35. The van der Waals surface area contributed by atoms with Gasteiger partial charge >= 0.3 is 6.18 Å². The number of aliphatic hydroxyl groups excluding tert-OH is 1. The van der Waals surface area contributed by atoms with Gasteiger partial charge in [0, 0.05) is 24.6 Å². The quantitative estimate of drug-likeness (QED) is 0.759. The average molecular weight is 294 g/mol. The summed E-state index contributed by atoms with van der Waals surface area (Å²) in [6, 6.07) is 2.53. The van der Waals surface area contributed by atoms with Crippen LogP contribution in [0.2, 0.25) is 0 Å². The molecule has 0 aliphatic carbocycles. The normalized spacial score (nSPS) is 13.5. The number of aliphatic hydroxyl groups is 1. The molecule has 0 aliphatic heterocycles. The molecule has 1 heterocycles. The van der Waals surface area contributed by atoms with Gasteiger partial charge in [0.15, 0.2) is 0 Å². The molecule has 1 aromatic rings. The third-order valence-corrected chi connectivity index (χ3v) is 3.57. The second-order valence-electron chi connectivity index (χ2n) is 3.96. The molecule has 0 spiro atoms. The summed E-state index contributed by atoms with van der Waals surface area (Å²) in [4.78, 5) is 3.79. The Morgan fingerprint density at radius 3 is 2.63 bits per heavy atom. The summed E-state index contributed by atoms with van der Waals surface area (Å²) in [7, 11) is 0. The zero-order valence-corrected chi connectivity index (χ0v) is 11.4. The summed E-state index contributed by atoms with van der Waals surface area (Å²) in [5.74, 6) is 0.659. The molecular formula is C12H17F3N2OS. The van der Waals surface area contributed by atoms with E-state index in [9.17, 15) is 13.2 Å². The first kappa shape index (κ1) is 16.3. The van der Waals surface area contributed by atoms with Crippen molar-refractivity contribution >= 4 is 11.8 Å². The Morgan fingerprint density at radius 2 is 2.16 bits per heavy atom. The molecular weight excluding hydrogens is 277 g/mol. The van der Waals surface area contributed by atoms with Crippen LogP contribution in [0.15, 0.2) is 23.4 Å². The van der Waals surface area contributed by atoms with E-state index in [2.05, 4.69) is 10.3 Å². The fraction of sp³-hybridized carbons (Fsp3) is 0.583. The van der Waals surface area contributed by atoms with Crippen LogP contribution in [0.4, 0.5) is 13.2 Å². The monoisotopic (exact) mass is 294 g/mol. The number of hydrogen-bond acceptors (Lipinski definition) is 4. The molecule has 0 bridgehead atoms. The third-order valence-electron chi connectivity index (χ3n) is 2.47. The van der Waals surface area contributed by atoms with Crippen molar-refractivity contribution in [2.24, 2.45) is 0 Å². The number of halogens is 3. The molecule has 0 amide bonds. The standard InChI is InChI=1S/C12H17F3N2OS/c1-2-16-10(5-6-18)8-19-11-4-3-9(7-17-11)12(13,14)15/h3-4,7,10,16,18H,2,5-6,8H2,1H3. The molecule has 1 rings (SSSR count). The number of aromatic nitrogens is 1. The number of rotatable bonds is 7. The van der Waals surface area contributed by atoms with Gasteiger partial charge in [0.25, 0.3) is 0 Å². The van der Waals surface area contributed by atoms with E-state index in [1.807, 2.05) is 6.92 Å². The Kier molecular flexibility index (Phi) is 6.60. The number of thioether (sulfide) groups is 1. The fourth-order valence-corrected chi connectivity index (χ4v) is 2.46. The molecule has 1 atom stereocenters. The summed E-state index contributed by atoms with van der Waals surface area (Å²) in [5.41, 5.74) is -0.740. The van der Waals surface area contributed by atoms with Gasteiger partial charge in [-0.15, -0.1) is 11.8 Å². The lowest BCUT2D eigenvalue weighted by molar-refractivity contribution is -0.137. The van der Waals surface area contributed by atoms with Crippen LogP contribution in [0.5, 0.6) is 0 Å². The highest BCUT2D eigenvalue weighted by Crippen LogP contribution is 2.29. The van der Waals surface area contributed by atoms with Crippen molar-refractivity contribution in [2.75, 3.05) is 18.9 Å². The maximum Gasteiger partial charge on any atom is 0.417 e. The molecule has 1 unspecified atom stereocenters. The van der Waals surface area contributed by atoms with E-state index < -0.39 is 11.7 Å². The Balaban J connectivity index is 2.53. The Labute approximate surface area is 114 Å². The molecule has 0 fully saturated rings. The number of hydrogen-bond donors (Lipinski definition) is 2. The average Bonchev–Trinajstić information content (AvgIpc) is 2.36. The zero-order chi connectivity index (χ0) is 14.3. The van der Waals surface area contributed by atoms with Gasteiger partial charge in [0.2, 0.25) is 0 Å². The van der Waals surface area contributed by atoms with Crippen LogP contribution in [0.25, 0.3) is 0 Å². The van der Waals surface area contributed by atoms with Crippen molar-refractivity contribution in [3.63, 3.8) is 0 Å². The van der Waals surface area contributed by atoms with E-state index in [4.69, 9.17) is 5.11 Å². The van der Waals surface area contributed by atoms with Crippen LogP contribution in [-0.2, 0) is 6.18 Å². The van der Waals surface area contributed by atoms with Gasteiger partial charge in [-0.3, -0.25) is 0 Å². The van der Waals surface area contributed by atoms with E-state index >= 15 is 0 Å². The van der Waals surface area contributed by atoms with Crippen LogP contribution in [0, 0.1) is 0 Å². The van der Waals surface area contributed by atoms with Crippen molar-refractivity contribution < 1.29 is 18.3 Å². The molecule has 3 nitrogen and oxygen atoms in total. The fourth-order valence-electron chi connectivity index (χ4n) is 1.51. The van der Waals surface area contributed by atoms with E-state index in [0.717, 1.165) is 18.8 Å². The molecule has 19 heavy (non-hydrogen) atoms. The summed E-state index contributed by atoms with van der Waals surface area (Å²) in [5, 5.41) is 12.6. The minimum absolute atomic E-state index is 0.0820. The Morgan fingerprint density at radius 1 is 1.42 bits per heavy atom. The molecule has 0 radical (unpaired) electrons. The summed E-state index contributed by atoms with van der Waals surface area (Å²) in [6.07, 6.45) is -2.89. The van der Waals surface area contributed by atoms with E-state index in [1.54, 1.807) is 0 Å². The Hall–Kier alpha value is -0.790. The smallest absolute Gasteiger partial charge is 0.396 e. The molecule has 7 heteroatoms. The molecule has 0 saturated carbocycles. The molecule has 1 aromatic heterocycles. The van der Waals surface area contributed by atoms with Gasteiger partial charge in [-0.2, -0.15) is 13.2 Å². The highest BCUT2D eigenvalue weighted by atomic mass is 32.2. The van der Waals surface area contributed by atoms with Crippen molar-refractivity contribution in [2.45, 2.75) is 30.6 Å². The van der Waals surface area contributed by atoms with Crippen molar-refractivity contribution in [3.8, 4) is 0 Å². The lowest BCUT2D eigenvalue weighted by Crippen LogP contribution is -2.32. The van der Waals surface area contributed by atoms with Crippen LogP contribution in [0.1, 0.15) is 18.9 Å². The second kappa shape index (κ2) is 7.72. The maximum atomic E-state index is 12.3. The first-order chi connectivity index (χ1) is 8.97. The van der Waals surface area contributed by atoms with E-state index in [0.29, 0.717) is 17.2 Å². The Bertz CT molecular complexity index is 364. The first-order valence-corrected chi connectivity index (χ1v) is 6.96. The van der Waals surface area contributed by atoms with Crippen LogP contribution < -0.4 is 5.32 Å². The highest BCUT2D eigenvalue weighted by molar-refractivity contribution is 7.99. The van der Waals surface area contributed by atoms with Gasteiger partial charge in [-0.1, -0.05) is 6.92 Å². The van der Waals surface area contributed by atoms with Crippen LogP contribution in [0.3, 0.4) is 0 Å². The SMILES string of the molecule is CCNC(CCO)CSc1ccc(C(F)(F)F)cn1. The molecule has 0 aliphatic rings. The first-order valence-electron chi connectivity index (χ1n) is 5.97. The number of alkyl halides is 3. The predicted molar refractivity (Wildman–Crippen MR) is 69.1 cm³/mol. The molecule has 0 saturated heterocycles. The van der Waals surface area contributed by atoms with Crippen LogP contribution >= 0.6 is 11.8 Å². The number of nitrogens with zero attached hydrogens (tertiary/aromatic N) is 1. The topological polar surface area (TPSA) is 45.1 Å². The summed E-state index contributed by atoms with van der Waals surface area (Å²) < 4.78 is 37.0. The van der Waals surface area contributed by atoms with Crippen molar-refractivity contribution in [1.82, 2.24) is 10.3 Å². The molecule has 0 aromatic carbocycles. The second-order valence-corrected chi connectivity index (χ2v) is 5.00. The largest absolute Gasteiger partial charge is 0.417 e. The minimum Gasteiger partial charge on any atom is -0.396 e. The zero-order valence-electron chi connectivity index (χ0n) is 10.6. The van der Waals surface area contributed by atoms with Gasteiger partial charge in [-0.05, 0) is 25.1 Å². The lowest BCUT2D eigenvalue weighted by atomic mass is 10.2. The van der Waals surface area contributed by atoms with Crippen LogP contribution in [-0.4, -0.2) is 35.0 Å². The van der Waals surface area contributed by atoms with Gasteiger partial charge < -0.3 is 10.4 Å². The van der Waals surface area contributed by atoms with E-state index in [-0.39, 0.29) is 12.6 Å². The maximum absolute atomic E-state index is 12.3. The summed E-state index contributed by atoms with van der Waals surface area (Å²) >= 11 is 1.38. The van der Waals surface area contributed by atoms with Crippen molar-refractivity contribution in [3.05, 3.63) is 23.9 Å². The van der Waals surface area contributed by atoms with Gasteiger partial charge in [-0.25, -0.2) is 4.98 Å². The van der Waals surface area contributed by atoms with Gasteiger partial charge in [0.05, 0.1) is 10.6 Å². The van der Waals surface area contributed by atoms with Gasteiger partial charge in [0.1, 0.15) is 0 Å². The van der Waals surface area contributed by atoms with E-state index in [1.165, 1.54) is 17.8 Å². The lowest BCUT2D eigenvalue weighted by Gasteiger charge is -2.15. The van der Waals surface area contributed by atoms with Crippen molar-refractivity contribution in [1.29, 1.82) is 0 Å². The molecule has 2 N–H and O–H groups in total.